The van der Waals surface area contributed by atoms with Gasteiger partial charge in [-0.3, -0.25) is 4.79 Å². The van der Waals surface area contributed by atoms with Crippen LogP contribution < -0.4 is 15.4 Å². The molecule has 0 saturated carbocycles. The number of nitrogens with one attached hydrogen (secondary N) is 2. The number of fused-ring (bicyclic) bond motifs is 1. The maximum atomic E-state index is 12.3. The van der Waals surface area contributed by atoms with E-state index in [0.29, 0.717) is 12.3 Å². The predicted octanol–water partition coefficient (Wildman–Crippen LogP) is 3.57. The minimum Gasteiger partial charge on any atom is -0.477 e. The van der Waals surface area contributed by atoms with Gasteiger partial charge in [0.15, 0.2) is 6.10 Å². The number of hydrogen-bond acceptors (Lipinski definition) is 3. The van der Waals surface area contributed by atoms with Crippen molar-refractivity contribution >= 4 is 33.2 Å². The lowest BCUT2D eigenvalue weighted by molar-refractivity contribution is -0.122. The second kappa shape index (κ2) is 5.77. The van der Waals surface area contributed by atoms with Crippen LogP contribution in [0, 0.1) is 6.92 Å². The number of amides is 1. The number of rotatable bonds is 2. The minimum absolute atomic E-state index is 0.154. The molecule has 0 bridgehead atoms. The Morgan fingerprint density at radius 2 is 2.10 bits per heavy atom. The van der Waals surface area contributed by atoms with Crippen LogP contribution >= 0.6 is 15.9 Å². The lowest BCUT2D eigenvalue weighted by atomic mass is 10.2. The Hall–Kier alpha value is -2.01. The zero-order valence-corrected chi connectivity index (χ0v) is 13.1. The zero-order chi connectivity index (χ0) is 14.8. The molecule has 3 rings (SSSR count). The molecule has 1 amide bonds. The summed E-state index contributed by atoms with van der Waals surface area (Å²) in [7, 11) is 0. The largest absolute Gasteiger partial charge is 0.477 e. The highest BCUT2D eigenvalue weighted by Crippen LogP contribution is 2.29. The first-order chi connectivity index (χ1) is 10.1. The fourth-order valence-electron chi connectivity index (χ4n) is 2.22. The van der Waals surface area contributed by atoms with Gasteiger partial charge in [-0.15, -0.1) is 0 Å². The molecule has 2 N–H and O–H groups in total. The van der Waals surface area contributed by atoms with Crippen molar-refractivity contribution in [3.8, 4) is 5.75 Å². The van der Waals surface area contributed by atoms with Gasteiger partial charge in [-0.25, -0.2) is 0 Å². The molecule has 21 heavy (non-hydrogen) atoms. The lowest BCUT2D eigenvalue weighted by Gasteiger charge is -2.26. The molecule has 0 spiro atoms. The number of benzene rings is 2. The van der Waals surface area contributed by atoms with E-state index in [-0.39, 0.29) is 5.91 Å². The Labute approximate surface area is 131 Å². The Balaban J connectivity index is 1.74. The summed E-state index contributed by atoms with van der Waals surface area (Å²) in [5.74, 6) is 0.549. The van der Waals surface area contributed by atoms with Crippen LogP contribution in [-0.4, -0.2) is 18.6 Å². The minimum atomic E-state index is -0.543. The first-order valence-corrected chi connectivity index (χ1v) is 7.50. The van der Waals surface area contributed by atoms with E-state index in [4.69, 9.17) is 4.74 Å². The highest BCUT2D eigenvalue weighted by Gasteiger charge is 2.26. The van der Waals surface area contributed by atoms with Crippen molar-refractivity contribution in [2.75, 3.05) is 17.2 Å². The quantitative estimate of drug-likeness (QED) is 0.873. The third kappa shape index (κ3) is 2.88. The van der Waals surface area contributed by atoms with Crippen molar-refractivity contribution in [2.24, 2.45) is 0 Å². The number of hydrogen-bond donors (Lipinski definition) is 2. The average molecular weight is 347 g/mol. The molecule has 2 aromatic carbocycles. The molecule has 1 atom stereocenters. The highest BCUT2D eigenvalue weighted by molar-refractivity contribution is 9.10. The van der Waals surface area contributed by atoms with Gasteiger partial charge in [-0.05, 0) is 36.8 Å². The summed E-state index contributed by atoms with van der Waals surface area (Å²) in [6, 6.07) is 13.3. The van der Waals surface area contributed by atoms with Crippen molar-refractivity contribution in [3.05, 3.63) is 52.5 Å². The smallest absolute Gasteiger partial charge is 0.267 e. The molecule has 0 aliphatic carbocycles. The molecular weight excluding hydrogens is 332 g/mol. The van der Waals surface area contributed by atoms with E-state index in [1.165, 1.54) is 0 Å². The van der Waals surface area contributed by atoms with Crippen LogP contribution in [0.1, 0.15) is 5.56 Å². The van der Waals surface area contributed by atoms with Crippen molar-refractivity contribution in [3.63, 3.8) is 0 Å². The van der Waals surface area contributed by atoms with E-state index < -0.39 is 6.10 Å². The number of carbonyl (C=O) groups excluding carboxylic acids is 1. The Morgan fingerprint density at radius 3 is 2.95 bits per heavy atom. The van der Waals surface area contributed by atoms with Crippen LogP contribution in [0.15, 0.2) is 46.9 Å². The molecule has 108 valence electrons. The molecule has 0 aromatic heterocycles. The fourth-order valence-corrected chi connectivity index (χ4v) is 2.58. The third-order valence-electron chi connectivity index (χ3n) is 3.45. The van der Waals surface area contributed by atoms with Crippen LogP contribution in [0.5, 0.6) is 5.75 Å². The molecule has 4 nitrogen and oxygen atoms in total. The van der Waals surface area contributed by atoms with E-state index in [1.807, 2.05) is 49.4 Å². The van der Waals surface area contributed by atoms with E-state index in [9.17, 15) is 4.79 Å². The van der Waals surface area contributed by atoms with E-state index in [2.05, 4.69) is 26.6 Å². The first kappa shape index (κ1) is 13.9. The van der Waals surface area contributed by atoms with Crippen molar-refractivity contribution < 1.29 is 9.53 Å². The van der Waals surface area contributed by atoms with Crippen molar-refractivity contribution in [2.45, 2.75) is 13.0 Å². The van der Waals surface area contributed by atoms with Crippen LogP contribution in [0.3, 0.4) is 0 Å². The molecule has 5 heteroatoms. The molecule has 2 aromatic rings. The van der Waals surface area contributed by atoms with Gasteiger partial charge < -0.3 is 15.4 Å². The van der Waals surface area contributed by atoms with E-state index in [1.54, 1.807) is 0 Å². The van der Waals surface area contributed by atoms with Gasteiger partial charge in [0.25, 0.3) is 5.91 Å². The second-order valence-electron chi connectivity index (χ2n) is 4.89. The lowest BCUT2D eigenvalue weighted by Crippen LogP contribution is -2.41. The first-order valence-electron chi connectivity index (χ1n) is 6.70. The maximum absolute atomic E-state index is 12.3. The van der Waals surface area contributed by atoms with Crippen LogP contribution in [0.2, 0.25) is 0 Å². The molecule has 1 aliphatic rings. The second-order valence-corrected chi connectivity index (χ2v) is 5.74. The number of halogens is 1. The summed E-state index contributed by atoms with van der Waals surface area (Å²) >= 11 is 3.46. The number of para-hydroxylation sites is 2. The topological polar surface area (TPSA) is 50.4 Å². The Bertz CT molecular complexity index is 688. The van der Waals surface area contributed by atoms with Crippen LogP contribution in [0.25, 0.3) is 0 Å². The van der Waals surface area contributed by atoms with Gasteiger partial charge >= 0.3 is 0 Å². The van der Waals surface area contributed by atoms with Crippen molar-refractivity contribution in [1.29, 1.82) is 0 Å². The number of carbonyl (C=O) groups is 1. The Morgan fingerprint density at radius 1 is 1.29 bits per heavy atom. The van der Waals surface area contributed by atoms with Gasteiger partial charge in [0.1, 0.15) is 5.75 Å². The molecule has 0 fully saturated rings. The molecular formula is C16H15BrN2O2. The van der Waals surface area contributed by atoms with Crippen LogP contribution in [0.4, 0.5) is 11.4 Å². The summed E-state index contributed by atoms with van der Waals surface area (Å²) in [5, 5.41) is 6.13. The molecule has 0 radical (unpaired) electrons. The molecule has 1 aliphatic heterocycles. The summed E-state index contributed by atoms with van der Waals surface area (Å²) in [6.07, 6.45) is -0.543. The predicted molar refractivity (Wildman–Crippen MR) is 86.9 cm³/mol. The van der Waals surface area contributed by atoms with Gasteiger partial charge in [0, 0.05) is 10.2 Å². The van der Waals surface area contributed by atoms with E-state index >= 15 is 0 Å². The van der Waals surface area contributed by atoms with Gasteiger partial charge in [-0.1, -0.05) is 34.1 Å². The Kier molecular flexibility index (Phi) is 3.84. The number of anilines is 2. The van der Waals surface area contributed by atoms with E-state index in [0.717, 1.165) is 21.4 Å². The summed E-state index contributed by atoms with van der Waals surface area (Å²) < 4.78 is 6.72. The molecule has 1 heterocycles. The summed E-state index contributed by atoms with van der Waals surface area (Å²) in [4.78, 5) is 12.3. The SMILES string of the molecule is Cc1c(Br)cccc1NC(=O)C1CNc2ccccc2O1. The van der Waals surface area contributed by atoms with Gasteiger partial charge in [-0.2, -0.15) is 0 Å². The fraction of sp³-hybridized carbons (Fsp3) is 0.188. The zero-order valence-electron chi connectivity index (χ0n) is 11.5. The third-order valence-corrected chi connectivity index (χ3v) is 4.31. The molecule has 0 saturated heterocycles. The monoisotopic (exact) mass is 346 g/mol. The normalized spacial score (nSPS) is 16.4. The van der Waals surface area contributed by atoms with Gasteiger partial charge in [0.05, 0.1) is 12.2 Å². The van der Waals surface area contributed by atoms with Gasteiger partial charge in [0.2, 0.25) is 0 Å². The summed E-state index contributed by atoms with van der Waals surface area (Å²) in [5.41, 5.74) is 2.70. The average Bonchev–Trinajstić information content (AvgIpc) is 2.51. The summed E-state index contributed by atoms with van der Waals surface area (Å²) in [6.45, 7) is 2.41. The van der Waals surface area contributed by atoms with Crippen LogP contribution in [-0.2, 0) is 4.79 Å². The maximum Gasteiger partial charge on any atom is 0.267 e. The molecule has 1 unspecified atom stereocenters. The highest BCUT2D eigenvalue weighted by atomic mass is 79.9. The van der Waals surface area contributed by atoms with Crippen molar-refractivity contribution in [1.82, 2.24) is 0 Å². The standard InChI is InChI=1S/C16H15BrN2O2/c1-10-11(17)5-4-7-12(10)19-16(20)15-9-18-13-6-2-3-8-14(13)21-15/h2-8,15,18H,9H2,1H3,(H,19,20). The number of ether oxygens (including phenoxy) is 1.